The molecule has 41 heavy (non-hydrogen) atoms. The number of nitrogens with zero attached hydrogens (tertiary/aromatic N) is 2. The van der Waals surface area contributed by atoms with Gasteiger partial charge >= 0.3 is 6.03 Å². The summed E-state index contributed by atoms with van der Waals surface area (Å²) in [5.74, 6) is 3.35. The largest absolute Gasteiger partial charge is 0.497 e. The first-order valence-corrected chi connectivity index (χ1v) is 12.3. The minimum Gasteiger partial charge on any atom is -0.497 e. The third-order valence-electron chi connectivity index (χ3n) is 5.74. The van der Waals surface area contributed by atoms with E-state index in [9.17, 15) is 4.79 Å². The number of carbonyl (C=O) groups is 1. The zero-order valence-electron chi connectivity index (χ0n) is 23.5. The highest BCUT2D eigenvalue weighted by Crippen LogP contribution is 2.36. The third kappa shape index (κ3) is 7.38. The van der Waals surface area contributed by atoms with Crippen molar-refractivity contribution in [2.45, 2.75) is 6.92 Å². The van der Waals surface area contributed by atoms with Crippen LogP contribution in [0.4, 0.5) is 27.8 Å². The monoisotopic (exact) mass is 561 g/mol. The number of hydrogen-bond donors (Lipinski definition) is 3. The van der Waals surface area contributed by atoms with Crippen LogP contribution in [0.15, 0.2) is 60.8 Å². The first-order chi connectivity index (χ1) is 19.8. The second-order valence-electron chi connectivity index (χ2n) is 8.58. The molecule has 4 rings (SSSR count). The number of ether oxygens (including phenoxy) is 6. The fourth-order valence-electron chi connectivity index (χ4n) is 3.73. The second-order valence-corrected chi connectivity index (χ2v) is 8.58. The van der Waals surface area contributed by atoms with E-state index in [2.05, 4.69) is 25.9 Å². The first-order valence-electron chi connectivity index (χ1n) is 12.3. The van der Waals surface area contributed by atoms with Crippen LogP contribution in [0.3, 0.4) is 0 Å². The van der Waals surface area contributed by atoms with E-state index in [4.69, 9.17) is 28.4 Å². The van der Waals surface area contributed by atoms with Gasteiger partial charge in [0.15, 0.2) is 11.5 Å². The molecule has 0 unspecified atom stereocenters. The lowest BCUT2D eigenvalue weighted by Gasteiger charge is -2.16. The standard InChI is InChI=1S/C29H31N5O7/c1-17-7-8-25(26(9-17)40-6)41-27-24(33-29(35)32-19-12-22(38-4)15-23(13-19)39-5)16-30-28(34-27)31-18-10-20(36-2)14-21(11-18)37-3/h7-16H,1-6H3,(H,30,31,34)(H2,32,33,35). The molecule has 3 aromatic carbocycles. The SMILES string of the molecule is COc1cc(NC(=O)Nc2cnc(Nc3cc(OC)cc(OC)c3)nc2Oc2ccc(C)cc2OC)cc(OC)c1. The number of nitrogens with one attached hydrogen (secondary N) is 3. The molecule has 214 valence electrons. The van der Waals surface area contributed by atoms with Gasteiger partial charge in [0.1, 0.15) is 28.7 Å². The van der Waals surface area contributed by atoms with Crippen LogP contribution in [-0.4, -0.2) is 51.5 Å². The van der Waals surface area contributed by atoms with Gasteiger partial charge in [-0.15, -0.1) is 0 Å². The number of urea groups is 1. The van der Waals surface area contributed by atoms with Gasteiger partial charge in [0.05, 0.1) is 41.7 Å². The van der Waals surface area contributed by atoms with E-state index in [1.54, 1.807) is 63.8 Å². The maximum atomic E-state index is 13.0. The van der Waals surface area contributed by atoms with E-state index in [-0.39, 0.29) is 17.5 Å². The van der Waals surface area contributed by atoms with E-state index in [0.29, 0.717) is 45.9 Å². The summed E-state index contributed by atoms with van der Waals surface area (Å²) in [4.78, 5) is 21.9. The van der Waals surface area contributed by atoms with Crippen LogP contribution in [0.1, 0.15) is 5.56 Å². The van der Waals surface area contributed by atoms with Gasteiger partial charge in [-0.05, 0) is 24.6 Å². The van der Waals surface area contributed by atoms with Gasteiger partial charge in [0.2, 0.25) is 11.8 Å². The topological polar surface area (TPSA) is 134 Å². The molecule has 12 heteroatoms. The number of amides is 2. The van der Waals surface area contributed by atoms with Crippen molar-refractivity contribution in [3.05, 3.63) is 66.4 Å². The lowest BCUT2D eigenvalue weighted by atomic mass is 10.2. The fraction of sp³-hybridized carbons (Fsp3) is 0.207. The molecule has 0 saturated carbocycles. The average Bonchev–Trinajstić information content (AvgIpc) is 2.98. The number of benzene rings is 3. The fourth-order valence-corrected chi connectivity index (χ4v) is 3.73. The molecule has 0 aliphatic rings. The van der Waals surface area contributed by atoms with Crippen molar-refractivity contribution in [2.75, 3.05) is 51.5 Å². The van der Waals surface area contributed by atoms with Gasteiger partial charge < -0.3 is 44.4 Å². The Balaban J connectivity index is 1.65. The van der Waals surface area contributed by atoms with Crippen LogP contribution in [0.5, 0.6) is 40.4 Å². The molecule has 0 atom stereocenters. The first kappa shape index (κ1) is 28.6. The van der Waals surface area contributed by atoms with Crippen molar-refractivity contribution in [1.29, 1.82) is 0 Å². The number of rotatable bonds is 11. The molecule has 3 N–H and O–H groups in total. The Bertz CT molecular complexity index is 1490. The van der Waals surface area contributed by atoms with Crippen molar-refractivity contribution >= 4 is 29.0 Å². The molecular formula is C29H31N5O7. The van der Waals surface area contributed by atoms with Gasteiger partial charge in [-0.2, -0.15) is 4.98 Å². The summed E-state index contributed by atoms with van der Waals surface area (Å²) in [7, 11) is 7.71. The summed E-state index contributed by atoms with van der Waals surface area (Å²) in [5.41, 5.74) is 2.25. The normalized spacial score (nSPS) is 10.3. The van der Waals surface area contributed by atoms with Crippen molar-refractivity contribution in [1.82, 2.24) is 9.97 Å². The molecule has 0 radical (unpaired) electrons. The number of carbonyl (C=O) groups excluding carboxylic acids is 1. The Morgan fingerprint density at radius 1 is 0.683 bits per heavy atom. The molecule has 1 heterocycles. The zero-order valence-corrected chi connectivity index (χ0v) is 23.5. The maximum absolute atomic E-state index is 13.0. The molecular weight excluding hydrogens is 530 g/mol. The minimum atomic E-state index is -0.567. The van der Waals surface area contributed by atoms with Crippen LogP contribution >= 0.6 is 0 Å². The van der Waals surface area contributed by atoms with Gasteiger partial charge in [-0.3, -0.25) is 0 Å². The Hall–Kier alpha value is -5.39. The Morgan fingerprint density at radius 3 is 1.83 bits per heavy atom. The summed E-state index contributed by atoms with van der Waals surface area (Å²) in [6.45, 7) is 1.94. The quantitative estimate of drug-likeness (QED) is 0.200. The zero-order chi connectivity index (χ0) is 29.4. The molecule has 0 spiro atoms. The number of aryl methyl sites for hydroxylation is 1. The van der Waals surface area contributed by atoms with Crippen molar-refractivity contribution in [3.8, 4) is 40.4 Å². The molecule has 12 nitrogen and oxygen atoms in total. The van der Waals surface area contributed by atoms with E-state index in [1.165, 1.54) is 20.4 Å². The maximum Gasteiger partial charge on any atom is 0.323 e. The number of hydrogen-bond acceptors (Lipinski definition) is 10. The third-order valence-corrected chi connectivity index (χ3v) is 5.74. The van der Waals surface area contributed by atoms with Gasteiger partial charge in [-0.25, -0.2) is 9.78 Å². The predicted octanol–water partition coefficient (Wildman–Crippen LogP) is 6.01. The number of anilines is 4. The van der Waals surface area contributed by atoms with Gasteiger partial charge in [0, 0.05) is 47.8 Å². The van der Waals surface area contributed by atoms with Crippen LogP contribution < -0.4 is 44.4 Å². The van der Waals surface area contributed by atoms with Crippen molar-refractivity contribution < 1.29 is 33.2 Å². The van der Waals surface area contributed by atoms with Crippen LogP contribution in [0.25, 0.3) is 0 Å². The van der Waals surface area contributed by atoms with E-state index in [0.717, 1.165) is 5.56 Å². The van der Waals surface area contributed by atoms with Gasteiger partial charge in [-0.1, -0.05) is 6.07 Å². The Labute approximate surface area is 237 Å². The Kier molecular flexibility index (Phi) is 9.15. The number of methoxy groups -OCH3 is 5. The highest BCUT2D eigenvalue weighted by Gasteiger charge is 2.17. The van der Waals surface area contributed by atoms with Crippen molar-refractivity contribution in [2.24, 2.45) is 0 Å². The smallest absolute Gasteiger partial charge is 0.323 e. The molecule has 0 saturated heterocycles. The van der Waals surface area contributed by atoms with E-state index in [1.807, 2.05) is 19.1 Å². The minimum absolute atomic E-state index is 0.0675. The lowest BCUT2D eigenvalue weighted by Crippen LogP contribution is -2.20. The molecule has 0 aliphatic heterocycles. The summed E-state index contributed by atoms with van der Waals surface area (Å²) < 4.78 is 32.9. The number of aromatic nitrogens is 2. The average molecular weight is 562 g/mol. The molecule has 1 aromatic heterocycles. The highest BCUT2D eigenvalue weighted by atomic mass is 16.5. The summed E-state index contributed by atoms with van der Waals surface area (Å²) in [6.07, 6.45) is 1.43. The predicted molar refractivity (Wildman–Crippen MR) is 155 cm³/mol. The van der Waals surface area contributed by atoms with E-state index < -0.39 is 6.03 Å². The molecule has 0 fully saturated rings. The summed E-state index contributed by atoms with van der Waals surface area (Å²) in [5, 5.41) is 8.61. The lowest BCUT2D eigenvalue weighted by molar-refractivity contribution is 0.262. The van der Waals surface area contributed by atoms with E-state index >= 15 is 0 Å². The van der Waals surface area contributed by atoms with Crippen molar-refractivity contribution in [3.63, 3.8) is 0 Å². The summed E-state index contributed by atoms with van der Waals surface area (Å²) in [6, 6.07) is 15.2. The van der Waals surface area contributed by atoms with Gasteiger partial charge in [0.25, 0.3) is 0 Å². The summed E-state index contributed by atoms with van der Waals surface area (Å²) >= 11 is 0. The highest BCUT2D eigenvalue weighted by molar-refractivity contribution is 6.00. The van der Waals surface area contributed by atoms with Crippen LogP contribution in [-0.2, 0) is 0 Å². The Morgan fingerprint density at radius 2 is 1.27 bits per heavy atom. The molecule has 0 bridgehead atoms. The molecule has 2 amide bonds. The molecule has 4 aromatic rings. The van der Waals surface area contributed by atoms with Crippen LogP contribution in [0.2, 0.25) is 0 Å². The van der Waals surface area contributed by atoms with Crippen LogP contribution in [0, 0.1) is 6.92 Å². The second kappa shape index (κ2) is 13.1. The molecule has 0 aliphatic carbocycles.